The molecule has 64 valence electrons. The van der Waals surface area contributed by atoms with E-state index in [-0.39, 0.29) is 0 Å². The van der Waals surface area contributed by atoms with E-state index in [2.05, 4.69) is 25.2 Å². The number of nitriles is 1. The van der Waals surface area contributed by atoms with E-state index in [0.717, 1.165) is 6.54 Å². The number of rotatable bonds is 6. The molecule has 0 heterocycles. The Morgan fingerprint density at radius 2 is 2.27 bits per heavy atom. The Kier molecular flexibility index (Phi) is 7.18. The second kappa shape index (κ2) is 7.56. The van der Waals surface area contributed by atoms with Crippen LogP contribution in [0.1, 0.15) is 39.5 Å². The van der Waals surface area contributed by atoms with Gasteiger partial charge in [-0.1, -0.05) is 19.8 Å². The van der Waals surface area contributed by atoms with Gasteiger partial charge in [0, 0.05) is 19.0 Å². The summed E-state index contributed by atoms with van der Waals surface area (Å²) in [7, 11) is 0. The molecule has 2 nitrogen and oxygen atoms in total. The van der Waals surface area contributed by atoms with Crippen LogP contribution in [0, 0.1) is 11.3 Å². The summed E-state index contributed by atoms with van der Waals surface area (Å²) < 4.78 is 0. The van der Waals surface area contributed by atoms with Crippen molar-refractivity contribution >= 4 is 0 Å². The summed E-state index contributed by atoms with van der Waals surface area (Å²) >= 11 is 0. The molecule has 0 aromatic rings. The van der Waals surface area contributed by atoms with E-state index in [4.69, 9.17) is 5.26 Å². The Morgan fingerprint density at radius 3 is 2.82 bits per heavy atom. The average molecular weight is 154 g/mol. The maximum absolute atomic E-state index is 8.27. The summed E-state index contributed by atoms with van der Waals surface area (Å²) in [5, 5.41) is 11.6. The monoisotopic (exact) mass is 154 g/mol. The summed E-state index contributed by atoms with van der Waals surface area (Å²) in [6.45, 7) is 5.20. The van der Waals surface area contributed by atoms with E-state index in [1.54, 1.807) is 0 Å². The van der Waals surface area contributed by atoms with Crippen molar-refractivity contribution in [2.45, 2.75) is 45.6 Å². The lowest BCUT2D eigenvalue weighted by atomic mass is 10.1. The summed E-state index contributed by atoms with van der Waals surface area (Å²) in [5.41, 5.74) is 0. The third kappa shape index (κ3) is 7.35. The van der Waals surface area contributed by atoms with E-state index in [9.17, 15) is 0 Å². The molecule has 1 unspecified atom stereocenters. The van der Waals surface area contributed by atoms with Crippen LogP contribution < -0.4 is 5.32 Å². The predicted molar refractivity (Wildman–Crippen MR) is 47.2 cm³/mol. The van der Waals surface area contributed by atoms with Crippen molar-refractivity contribution in [3.8, 4) is 6.07 Å². The molecule has 0 aliphatic rings. The van der Waals surface area contributed by atoms with Crippen LogP contribution in [0.4, 0.5) is 0 Å². The zero-order valence-corrected chi connectivity index (χ0v) is 7.56. The zero-order chi connectivity index (χ0) is 8.53. The molecule has 1 N–H and O–H groups in total. The SMILES string of the molecule is CCCCC(C)NCCC#N. The van der Waals surface area contributed by atoms with Gasteiger partial charge >= 0.3 is 0 Å². The summed E-state index contributed by atoms with van der Waals surface area (Å²) in [5.74, 6) is 0. The van der Waals surface area contributed by atoms with Gasteiger partial charge in [-0.3, -0.25) is 0 Å². The fourth-order valence-corrected chi connectivity index (χ4v) is 0.987. The quantitative estimate of drug-likeness (QED) is 0.594. The van der Waals surface area contributed by atoms with Crippen molar-refractivity contribution in [3.05, 3.63) is 0 Å². The molecule has 0 aliphatic carbocycles. The lowest BCUT2D eigenvalue weighted by Crippen LogP contribution is -2.26. The molecule has 1 atom stereocenters. The maximum Gasteiger partial charge on any atom is 0.0635 e. The van der Waals surface area contributed by atoms with Gasteiger partial charge in [-0.2, -0.15) is 5.26 Å². The number of nitrogens with one attached hydrogen (secondary N) is 1. The van der Waals surface area contributed by atoms with Gasteiger partial charge in [0.05, 0.1) is 6.07 Å². The second-order valence-electron chi connectivity index (χ2n) is 2.91. The van der Waals surface area contributed by atoms with Gasteiger partial charge in [0.2, 0.25) is 0 Å². The predicted octanol–water partition coefficient (Wildman–Crippen LogP) is 2.07. The topological polar surface area (TPSA) is 35.8 Å². The highest BCUT2D eigenvalue weighted by atomic mass is 14.9. The average Bonchev–Trinajstić information content (AvgIpc) is 2.01. The van der Waals surface area contributed by atoms with Gasteiger partial charge in [-0.05, 0) is 13.3 Å². The molecular formula is C9H18N2. The first-order chi connectivity index (χ1) is 5.31. The van der Waals surface area contributed by atoms with Crippen molar-refractivity contribution in [1.82, 2.24) is 5.32 Å². The number of unbranched alkanes of at least 4 members (excludes halogenated alkanes) is 1. The molecule has 0 spiro atoms. The van der Waals surface area contributed by atoms with Crippen LogP contribution in [-0.2, 0) is 0 Å². The molecule has 0 rings (SSSR count). The number of hydrogen-bond donors (Lipinski definition) is 1. The first-order valence-electron chi connectivity index (χ1n) is 4.41. The van der Waals surface area contributed by atoms with Gasteiger partial charge in [0.1, 0.15) is 0 Å². The minimum absolute atomic E-state index is 0.572. The summed E-state index contributed by atoms with van der Waals surface area (Å²) in [4.78, 5) is 0. The van der Waals surface area contributed by atoms with Crippen molar-refractivity contribution in [1.29, 1.82) is 5.26 Å². The van der Waals surface area contributed by atoms with Crippen molar-refractivity contribution in [3.63, 3.8) is 0 Å². The zero-order valence-electron chi connectivity index (χ0n) is 7.56. The largest absolute Gasteiger partial charge is 0.313 e. The lowest BCUT2D eigenvalue weighted by Gasteiger charge is -2.10. The van der Waals surface area contributed by atoms with E-state index >= 15 is 0 Å². The van der Waals surface area contributed by atoms with Gasteiger partial charge in [0.15, 0.2) is 0 Å². The molecule has 0 saturated heterocycles. The number of hydrogen-bond acceptors (Lipinski definition) is 2. The highest BCUT2D eigenvalue weighted by Gasteiger charge is 1.97. The van der Waals surface area contributed by atoms with Gasteiger partial charge in [-0.15, -0.1) is 0 Å². The first-order valence-corrected chi connectivity index (χ1v) is 4.41. The molecule has 0 aromatic carbocycles. The Labute approximate surface area is 69.6 Å². The summed E-state index contributed by atoms with van der Waals surface area (Å²) in [6.07, 6.45) is 4.38. The third-order valence-corrected chi connectivity index (χ3v) is 1.72. The van der Waals surface area contributed by atoms with Crippen LogP contribution in [0.15, 0.2) is 0 Å². The van der Waals surface area contributed by atoms with Gasteiger partial charge in [0.25, 0.3) is 0 Å². The molecule has 11 heavy (non-hydrogen) atoms. The van der Waals surface area contributed by atoms with Crippen LogP contribution in [0.25, 0.3) is 0 Å². The van der Waals surface area contributed by atoms with E-state index in [1.165, 1.54) is 19.3 Å². The standard InChI is InChI=1S/C9H18N2/c1-3-4-6-9(2)11-8-5-7-10/h9,11H,3-6,8H2,1-2H3. The van der Waals surface area contributed by atoms with Gasteiger partial charge < -0.3 is 5.32 Å². The van der Waals surface area contributed by atoms with E-state index < -0.39 is 0 Å². The van der Waals surface area contributed by atoms with E-state index in [0.29, 0.717) is 12.5 Å². The van der Waals surface area contributed by atoms with Crippen molar-refractivity contribution in [2.24, 2.45) is 0 Å². The molecule has 0 aliphatic heterocycles. The highest BCUT2D eigenvalue weighted by molar-refractivity contribution is 4.71. The van der Waals surface area contributed by atoms with Crippen LogP contribution in [0.3, 0.4) is 0 Å². The Bertz CT molecular complexity index is 115. The van der Waals surface area contributed by atoms with Crippen LogP contribution in [0.5, 0.6) is 0 Å². The third-order valence-electron chi connectivity index (χ3n) is 1.72. The highest BCUT2D eigenvalue weighted by Crippen LogP contribution is 1.98. The molecule has 0 aromatic heterocycles. The molecule has 2 heteroatoms. The van der Waals surface area contributed by atoms with Crippen LogP contribution in [-0.4, -0.2) is 12.6 Å². The fraction of sp³-hybridized carbons (Fsp3) is 0.889. The molecule has 0 amide bonds. The molecule has 0 bridgehead atoms. The molecule has 0 fully saturated rings. The molecule has 0 saturated carbocycles. The molecular weight excluding hydrogens is 136 g/mol. The summed E-state index contributed by atoms with van der Waals surface area (Å²) in [6, 6.07) is 2.69. The maximum atomic E-state index is 8.27. The van der Waals surface area contributed by atoms with Crippen molar-refractivity contribution in [2.75, 3.05) is 6.54 Å². The Balaban J connectivity index is 3.10. The Morgan fingerprint density at radius 1 is 1.55 bits per heavy atom. The minimum atomic E-state index is 0.572. The van der Waals surface area contributed by atoms with E-state index in [1.807, 2.05) is 0 Å². The number of nitrogens with zero attached hydrogens (tertiary/aromatic N) is 1. The first kappa shape index (κ1) is 10.4. The normalized spacial score (nSPS) is 12.5. The van der Waals surface area contributed by atoms with Crippen LogP contribution >= 0.6 is 0 Å². The fourth-order valence-electron chi connectivity index (χ4n) is 0.987. The molecule has 0 radical (unpaired) electrons. The van der Waals surface area contributed by atoms with Crippen LogP contribution in [0.2, 0.25) is 0 Å². The Hall–Kier alpha value is -0.550. The second-order valence-corrected chi connectivity index (χ2v) is 2.91. The minimum Gasteiger partial charge on any atom is -0.313 e. The van der Waals surface area contributed by atoms with Gasteiger partial charge in [-0.25, -0.2) is 0 Å². The van der Waals surface area contributed by atoms with Crippen molar-refractivity contribution < 1.29 is 0 Å². The smallest absolute Gasteiger partial charge is 0.0635 e. The lowest BCUT2D eigenvalue weighted by molar-refractivity contribution is 0.501.